The van der Waals surface area contributed by atoms with E-state index in [0.29, 0.717) is 12.1 Å². The molecule has 2 heteroatoms. The first-order chi connectivity index (χ1) is 8.70. The second-order valence-corrected chi connectivity index (χ2v) is 6.44. The van der Waals surface area contributed by atoms with Gasteiger partial charge in [0.25, 0.3) is 0 Å². The van der Waals surface area contributed by atoms with Crippen LogP contribution in [-0.2, 0) is 12.8 Å². The molecule has 18 heavy (non-hydrogen) atoms. The van der Waals surface area contributed by atoms with Crippen LogP contribution in [0, 0.1) is 0 Å². The van der Waals surface area contributed by atoms with Crippen molar-refractivity contribution in [1.82, 2.24) is 5.32 Å². The molecule has 100 valence electrons. The highest BCUT2D eigenvalue weighted by Crippen LogP contribution is 2.25. The van der Waals surface area contributed by atoms with E-state index in [4.69, 9.17) is 0 Å². The fourth-order valence-corrected chi connectivity index (χ4v) is 3.35. The molecule has 0 aromatic heterocycles. The first kappa shape index (κ1) is 14.0. The Hall–Kier alpha value is -0.470. The van der Waals surface area contributed by atoms with Crippen LogP contribution in [0.2, 0.25) is 0 Å². The van der Waals surface area contributed by atoms with Crippen LogP contribution in [-0.4, -0.2) is 18.1 Å². The number of hydrogen-bond acceptors (Lipinski definition) is 2. The molecule has 1 aliphatic carbocycles. The highest BCUT2D eigenvalue weighted by molar-refractivity contribution is 7.98. The summed E-state index contributed by atoms with van der Waals surface area (Å²) < 4.78 is 0. The summed E-state index contributed by atoms with van der Waals surface area (Å²) in [6.07, 6.45) is 7.32. The predicted octanol–water partition coefficient (Wildman–Crippen LogP) is 3.97. The van der Waals surface area contributed by atoms with Gasteiger partial charge in [-0.1, -0.05) is 18.2 Å². The lowest BCUT2D eigenvalue weighted by Gasteiger charge is -2.20. The van der Waals surface area contributed by atoms with Gasteiger partial charge < -0.3 is 5.32 Å². The van der Waals surface area contributed by atoms with Crippen molar-refractivity contribution in [2.24, 2.45) is 0 Å². The Kier molecular flexibility index (Phi) is 5.13. The van der Waals surface area contributed by atoms with Crippen LogP contribution >= 0.6 is 11.8 Å². The number of fused-ring (bicyclic) bond motifs is 1. The minimum absolute atomic E-state index is 0.466. The predicted molar refractivity (Wildman–Crippen MR) is 82.5 cm³/mol. The molecular weight excluding hydrogens is 238 g/mol. The summed E-state index contributed by atoms with van der Waals surface area (Å²) in [4.78, 5) is 0. The molecule has 1 N–H and O–H groups in total. The second kappa shape index (κ2) is 6.63. The first-order valence-electron chi connectivity index (χ1n) is 7.07. The highest BCUT2D eigenvalue weighted by atomic mass is 32.2. The molecule has 1 nitrogen and oxygen atoms in total. The molecule has 0 saturated carbocycles. The third kappa shape index (κ3) is 3.52. The average Bonchev–Trinajstić information content (AvgIpc) is 2.83. The number of aryl methyl sites for hydroxylation is 2. The summed E-state index contributed by atoms with van der Waals surface area (Å²) in [6.45, 7) is 4.58. The van der Waals surface area contributed by atoms with Crippen molar-refractivity contribution in [2.45, 2.75) is 51.6 Å². The van der Waals surface area contributed by atoms with Gasteiger partial charge in [-0.2, -0.15) is 11.8 Å². The SMILES string of the molecule is CSCCC(C)NC(C)c1ccc2c(c1)CCC2. The minimum Gasteiger partial charge on any atom is -0.308 e. The van der Waals surface area contributed by atoms with E-state index < -0.39 is 0 Å². The lowest BCUT2D eigenvalue weighted by Crippen LogP contribution is -2.29. The topological polar surface area (TPSA) is 12.0 Å². The van der Waals surface area contributed by atoms with Gasteiger partial charge in [-0.05, 0) is 68.2 Å². The molecule has 2 rings (SSSR count). The maximum Gasteiger partial charge on any atom is 0.0294 e. The minimum atomic E-state index is 0.466. The number of hydrogen-bond donors (Lipinski definition) is 1. The molecule has 2 unspecified atom stereocenters. The average molecular weight is 263 g/mol. The zero-order chi connectivity index (χ0) is 13.0. The van der Waals surface area contributed by atoms with Crippen LogP contribution in [0.25, 0.3) is 0 Å². The Morgan fingerprint density at radius 1 is 1.22 bits per heavy atom. The Morgan fingerprint density at radius 2 is 2.00 bits per heavy atom. The van der Waals surface area contributed by atoms with Gasteiger partial charge >= 0.3 is 0 Å². The van der Waals surface area contributed by atoms with Gasteiger partial charge in [-0.25, -0.2) is 0 Å². The smallest absolute Gasteiger partial charge is 0.0294 e. The van der Waals surface area contributed by atoms with E-state index in [0.717, 1.165) is 0 Å². The van der Waals surface area contributed by atoms with Gasteiger partial charge in [-0.3, -0.25) is 0 Å². The van der Waals surface area contributed by atoms with Crippen molar-refractivity contribution < 1.29 is 0 Å². The zero-order valence-electron chi connectivity index (χ0n) is 11.8. The van der Waals surface area contributed by atoms with E-state index in [-0.39, 0.29) is 0 Å². The zero-order valence-corrected chi connectivity index (χ0v) is 12.6. The van der Waals surface area contributed by atoms with Crippen molar-refractivity contribution in [3.8, 4) is 0 Å². The van der Waals surface area contributed by atoms with E-state index in [2.05, 4.69) is 43.6 Å². The number of benzene rings is 1. The molecule has 0 spiro atoms. The maximum atomic E-state index is 3.71. The second-order valence-electron chi connectivity index (χ2n) is 5.45. The van der Waals surface area contributed by atoms with Crippen LogP contribution in [0.5, 0.6) is 0 Å². The molecule has 0 aliphatic heterocycles. The number of thioether (sulfide) groups is 1. The standard InChI is InChI=1S/C16H25NS/c1-12(9-10-18-3)17-13(2)15-8-7-14-5-4-6-16(14)11-15/h7-8,11-13,17H,4-6,9-10H2,1-3H3. The van der Waals surface area contributed by atoms with E-state index >= 15 is 0 Å². The molecule has 0 fully saturated rings. The van der Waals surface area contributed by atoms with E-state index in [1.54, 1.807) is 11.1 Å². The molecule has 0 heterocycles. The van der Waals surface area contributed by atoms with Crippen molar-refractivity contribution >= 4 is 11.8 Å². The summed E-state index contributed by atoms with van der Waals surface area (Å²) >= 11 is 1.93. The van der Waals surface area contributed by atoms with Gasteiger partial charge in [0.2, 0.25) is 0 Å². The fourth-order valence-electron chi connectivity index (χ4n) is 2.76. The molecule has 0 amide bonds. The third-order valence-corrected chi connectivity index (χ3v) is 4.56. The Morgan fingerprint density at radius 3 is 2.78 bits per heavy atom. The molecule has 1 aliphatic rings. The van der Waals surface area contributed by atoms with Crippen molar-refractivity contribution in [3.63, 3.8) is 0 Å². The molecule has 0 saturated heterocycles. The largest absolute Gasteiger partial charge is 0.308 e. The van der Waals surface area contributed by atoms with Crippen LogP contribution in [0.15, 0.2) is 18.2 Å². The Balaban J connectivity index is 1.94. The normalized spacial score (nSPS) is 17.5. The van der Waals surface area contributed by atoms with Gasteiger partial charge in [0.15, 0.2) is 0 Å². The van der Waals surface area contributed by atoms with Crippen LogP contribution in [0.3, 0.4) is 0 Å². The Labute approximate surface area is 116 Å². The van der Waals surface area contributed by atoms with Gasteiger partial charge in [0.05, 0.1) is 0 Å². The van der Waals surface area contributed by atoms with E-state index in [1.807, 2.05) is 11.8 Å². The quantitative estimate of drug-likeness (QED) is 0.833. The lowest BCUT2D eigenvalue weighted by molar-refractivity contribution is 0.471. The molecule has 1 aromatic carbocycles. The van der Waals surface area contributed by atoms with E-state index in [1.165, 1.54) is 37.0 Å². The summed E-state index contributed by atoms with van der Waals surface area (Å²) in [5.41, 5.74) is 4.60. The monoisotopic (exact) mass is 263 g/mol. The van der Waals surface area contributed by atoms with Crippen molar-refractivity contribution in [1.29, 1.82) is 0 Å². The van der Waals surface area contributed by atoms with Crippen LogP contribution in [0.1, 0.15) is 49.4 Å². The molecule has 0 radical (unpaired) electrons. The number of nitrogens with one attached hydrogen (secondary N) is 1. The third-order valence-electron chi connectivity index (χ3n) is 3.91. The maximum absolute atomic E-state index is 3.71. The van der Waals surface area contributed by atoms with Crippen molar-refractivity contribution in [2.75, 3.05) is 12.0 Å². The van der Waals surface area contributed by atoms with Gasteiger partial charge in [0, 0.05) is 12.1 Å². The first-order valence-corrected chi connectivity index (χ1v) is 8.46. The summed E-state index contributed by atoms with van der Waals surface area (Å²) in [5, 5.41) is 3.71. The van der Waals surface area contributed by atoms with E-state index in [9.17, 15) is 0 Å². The molecule has 0 bridgehead atoms. The summed E-state index contributed by atoms with van der Waals surface area (Å²) in [7, 11) is 0. The molecule has 2 atom stereocenters. The molecular formula is C16H25NS. The highest BCUT2D eigenvalue weighted by Gasteiger charge is 2.14. The molecule has 1 aromatic rings. The van der Waals surface area contributed by atoms with Gasteiger partial charge in [-0.15, -0.1) is 0 Å². The number of rotatable bonds is 6. The van der Waals surface area contributed by atoms with Crippen LogP contribution < -0.4 is 5.32 Å². The fraction of sp³-hybridized carbons (Fsp3) is 0.625. The Bertz CT molecular complexity index is 389. The lowest BCUT2D eigenvalue weighted by atomic mass is 10.0. The van der Waals surface area contributed by atoms with Gasteiger partial charge in [0.1, 0.15) is 0 Å². The summed E-state index contributed by atoms with van der Waals surface area (Å²) in [5.74, 6) is 1.24. The summed E-state index contributed by atoms with van der Waals surface area (Å²) in [6, 6.07) is 8.13. The van der Waals surface area contributed by atoms with Crippen molar-refractivity contribution in [3.05, 3.63) is 34.9 Å². The van der Waals surface area contributed by atoms with Crippen LogP contribution in [0.4, 0.5) is 0 Å².